The number of hydrogen-bond donors (Lipinski definition) is 2. The molecule has 7 nitrogen and oxygen atoms in total. The quantitative estimate of drug-likeness (QED) is 0.796. The van der Waals surface area contributed by atoms with Crippen LogP contribution < -0.4 is 14.8 Å². The Kier molecular flexibility index (Phi) is 4.32. The van der Waals surface area contributed by atoms with Crippen molar-refractivity contribution in [2.45, 2.75) is 18.9 Å². The number of carboxylic acid groups (broad SMARTS) is 1. The molecular formula is C14H17NO6. The first-order valence-electron chi connectivity index (χ1n) is 6.36. The van der Waals surface area contributed by atoms with Crippen molar-refractivity contribution in [3.05, 3.63) is 23.8 Å². The molecule has 1 unspecified atom stereocenters. The molecular weight excluding hydrogens is 278 g/mol. The van der Waals surface area contributed by atoms with Crippen molar-refractivity contribution in [1.29, 1.82) is 0 Å². The van der Waals surface area contributed by atoms with Crippen LogP contribution in [0.5, 0.6) is 11.5 Å². The Labute approximate surface area is 121 Å². The highest BCUT2D eigenvalue weighted by Gasteiger charge is 2.34. The number of fused-ring (bicyclic) bond motifs is 1. The average molecular weight is 295 g/mol. The first-order chi connectivity index (χ1) is 9.94. The molecule has 0 aliphatic carbocycles. The fourth-order valence-electron chi connectivity index (χ4n) is 2.03. The van der Waals surface area contributed by atoms with Crippen molar-refractivity contribution in [2.24, 2.45) is 0 Å². The largest absolute Gasteiger partial charge is 0.479 e. The van der Waals surface area contributed by atoms with E-state index in [0.717, 1.165) is 0 Å². The summed E-state index contributed by atoms with van der Waals surface area (Å²) in [4.78, 5) is 23.2. The van der Waals surface area contributed by atoms with E-state index in [-0.39, 0.29) is 19.8 Å². The molecule has 0 radical (unpaired) electrons. The Bertz CT molecular complexity index is 558. The van der Waals surface area contributed by atoms with Crippen LogP contribution in [0, 0.1) is 0 Å². The summed E-state index contributed by atoms with van der Waals surface area (Å²) in [6.45, 7) is 1.45. The van der Waals surface area contributed by atoms with Crippen molar-refractivity contribution in [3.8, 4) is 11.5 Å². The number of carboxylic acids is 1. The van der Waals surface area contributed by atoms with Gasteiger partial charge in [-0.1, -0.05) is 6.07 Å². The standard InChI is InChI=1S/C14H17NO6/c1-14(7-19-2,13(17)18)15-12(16)6-9-3-4-10-11(5-9)21-8-20-10/h3-5H,6-8H2,1-2H3,(H,15,16)(H,17,18). The molecule has 1 amide bonds. The van der Waals surface area contributed by atoms with Crippen LogP contribution in [0.15, 0.2) is 18.2 Å². The molecule has 1 aromatic carbocycles. The minimum atomic E-state index is -1.46. The molecule has 0 saturated carbocycles. The SMILES string of the molecule is COCC(C)(NC(=O)Cc1ccc2c(c1)OCO2)C(=O)O. The van der Waals surface area contributed by atoms with Gasteiger partial charge < -0.3 is 24.6 Å². The molecule has 21 heavy (non-hydrogen) atoms. The van der Waals surface area contributed by atoms with E-state index in [1.807, 2.05) is 0 Å². The molecule has 0 spiro atoms. The van der Waals surface area contributed by atoms with Gasteiger partial charge in [-0.05, 0) is 24.6 Å². The highest BCUT2D eigenvalue weighted by molar-refractivity contribution is 5.87. The van der Waals surface area contributed by atoms with Gasteiger partial charge in [0.25, 0.3) is 0 Å². The molecule has 0 bridgehead atoms. The molecule has 1 aliphatic rings. The van der Waals surface area contributed by atoms with Crippen LogP contribution in [0.1, 0.15) is 12.5 Å². The maximum atomic E-state index is 12.0. The van der Waals surface area contributed by atoms with E-state index in [1.54, 1.807) is 18.2 Å². The summed E-state index contributed by atoms with van der Waals surface area (Å²) in [5.41, 5.74) is -0.746. The second-order valence-electron chi connectivity index (χ2n) is 4.98. The summed E-state index contributed by atoms with van der Waals surface area (Å²) in [5, 5.41) is 11.6. The molecule has 0 saturated heterocycles. The number of carbonyl (C=O) groups excluding carboxylic acids is 1. The number of methoxy groups -OCH3 is 1. The molecule has 0 aromatic heterocycles. The Morgan fingerprint density at radius 2 is 2.10 bits per heavy atom. The van der Waals surface area contributed by atoms with Gasteiger partial charge in [0.1, 0.15) is 0 Å². The topological polar surface area (TPSA) is 94.1 Å². The Morgan fingerprint density at radius 1 is 1.38 bits per heavy atom. The van der Waals surface area contributed by atoms with Crippen LogP contribution in [-0.4, -0.2) is 43.0 Å². The number of benzene rings is 1. The van der Waals surface area contributed by atoms with E-state index in [0.29, 0.717) is 17.1 Å². The van der Waals surface area contributed by atoms with Gasteiger partial charge in [0, 0.05) is 7.11 Å². The van der Waals surface area contributed by atoms with Crippen molar-refractivity contribution in [3.63, 3.8) is 0 Å². The first kappa shape index (κ1) is 15.1. The minimum absolute atomic E-state index is 0.0449. The molecule has 2 N–H and O–H groups in total. The highest BCUT2D eigenvalue weighted by Crippen LogP contribution is 2.32. The number of ether oxygens (including phenoxy) is 3. The summed E-state index contributed by atoms with van der Waals surface area (Å²) in [5.74, 6) is -0.341. The monoisotopic (exact) mass is 295 g/mol. The van der Waals surface area contributed by atoms with Crippen LogP contribution >= 0.6 is 0 Å². The van der Waals surface area contributed by atoms with E-state index in [9.17, 15) is 14.7 Å². The fourth-order valence-corrected chi connectivity index (χ4v) is 2.03. The normalized spacial score (nSPS) is 15.3. The lowest BCUT2D eigenvalue weighted by Gasteiger charge is -2.25. The molecule has 0 fully saturated rings. The summed E-state index contributed by atoms with van der Waals surface area (Å²) in [6.07, 6.45) is 0.0449. The molecule has 1 aromatic rings. The highest BCUT2D eigenvalue weighted by atomic mass is 16.7. The lowest BCUT2D eigenvalue weighted by Crippen LogP contribution is -2.55. The number of carbonyl (C=O) groups is 2. The van der Waals surface area contributed by atoms with E-state index in [1.165, 1.54) is 14.0 Å². The van der Waals surface area contributed by atoms with Gasteiger partial charge in [0.05, 0.1) is 13.0 Å². The predicted molar refractivity (Wildman–Crippen MR) is 72.3 cm³/mol. The lowest BCUT2D eigenvalue weighted by atomic mass is 10.0. The smallest absolute Gasteiger partial charge is 0.331 e. The second kappa shape index (κ2) is 6.01. The van der Waals surface area contributed by atoms with E-state index >= 15 is 0 Å². The van der Waals surface area contributed by atoms with Crippen molar-refractivity contribution in [1.82, 2.24) is 5.32 Å². The Morgan fingerprint density at radius 3 is 2.76 bits per heavy atom. The third kappa shape index (κ3) is 3.43. The van der Waals surface area contributed by atoms with Crippen LogP contribution in [0.25, 0.3) is 0 Å². The zero-order chi connectivity index (χ0) is 15.5. The van der Waals surface area contributed by atoms with Gasteiger partial charge in [-0.3, -0.25) is 4.79 Å². The van der Waals surface area contributed by atoms with Gasteiger partial charge >= 0.3 is 5.97 Å². The van der Waals surface area contributed by atoms with E-state index < -0.39 is 17.4 Å². The fraction of sp³-hybridized carbons (Fsp3) is 0.429. The zero-order valence-corrected chi connectivity index (χ0v) is 11.8. The van der Waals surface area contributed by atoms with Gasteiger partial charge in [-0.2, -0.15) is 0 Å². The third-order valence-corrected chi connectivity index (χ3v) is 3.12. The molecule has 1 aliphatic heterocycles. The number of hydrogen-bond acceptors (Lipinski definition) is 5. The predicted octanol–water partition coefficient (Wildman–Crippen LogP) is 0.564. The Hall–Kier alpha value is -2.28. The van der Waals surface area contributed by atoms with Crippen molar-refractivity contribution in [2.75, 3.05) is 20.5 Å². The van der Waals surface area contributed by atoms with Gasteiger partial charge in [0.15, 0.2) is 17.0 Å². The van der Waals surface area contributed by atoms with Crippen molar-refractivity contribution < 1.29 is 28.9 Å². The Balaban J connectivity index is 2.02. The van der Waals surface area contributed by atoms with E-state index in [2.05, 4.69) is 5.32 Å². The lowest BCUT2D eigenvalue weighted by molar-refractivity contribution is -0.149. The molecule has 2 rings (SSSR count). The number of aliphatic carboxylic acids is 1. The molecule has 1 atom stereocenters. The summed E-state index contributed by atoms with van der Waals surface area (Å²) in [7, 11) is 1.38. The van der Waals surface area contributed by atoms with E-state index in [4.69, 9.17) is 14.2 Å². The molecule has 1 heterocycles. The first-order valence-corrected chi connectivity index (χ1v) is 6.36. The number of rotatable bonds is 6. The van der Waals surface area contributed by atoms with Gasteiger partial charge in [-0.15, -0.1) is 0 Å². The maximum Gasteiger partial charge on any atom is 0.331 e. The summed E-state index contributed by atoms with van der Waals surface area (Å²) in [6, 6.07) is 5.16. The summed E-state index contributed by atoms with van der Waals surface area (Å²) >= 11 is 0. The van der Waals surface area contributed by atoms with Crippen LogP contribution in [0.3, 0.4) is 0 Å². The molecule has 7 heteroatoms. The summed E-state index contributed by atoms with van der Waals surface area (Å²) < 4.78 is 15.3. The van der Waals surface area contributed by atoms with Gasteiger partial charge in [0.2, 0.25) is 12.7 Å². The van der Waals surface area contributed by atoms with Crippen molar-refractivity contribution >= 4 is 11.9 Å². The third-order valence-electron chi connectivity index (χ3n) is 3.12. The zero-order valence-electron chi connectivity index (χ0n) is 11.8. The maximum absolute atomic E-state index is 12.0. The van der Waals surface area contributed by atoms with Crippen LogP contribution in [0.2, 0.25) is 0 Å². The average Bonchev–Trinajstić information content (AvgIpc) is 2.85. The van der Waals surface area contributed by atoms with Crippen LogP contribution in [-0.2, 0) is 20.7 Å². The number of amides is 1. The molecule has 114 valence electrons. The van der Waals surface area contributed by atoms with Gasteiger partial charge in [-0.25, -0.2) is 4.79 Å². The minimum Gasteiger partial charge on any atom is -0.479 e. The number of nitrogens with one attached hydrogen (secondary N) is 1. The second-order valence-corrected chi connectivity index (χ2v) is 4.98. The van der Waals surface area contributed by atoms with Crippen LogP contribution in [0.4, 0.5) is 0 Å².